The molecular weight excluding hydrogens is 316 g/mol. The van der Waals surface area contributed by atoms with Crippen molar-refractivity contribution in [3.05, 3.63) is 0 Å². The topological polar surface area (TPSA) is 40.6 Å². The van der Waals surface area contributed by atoms with Crippen molar-refractivity contribution in [3.8, 4) is 0 Å². The van der Waals surface area contributed by atoms with Crippen LogP contribution in [-0.2, 0) is 10.2 Å². The summed E-state index contributed by atoms with van der Waals surface area (Å²) < 4.78 is 27.8. The van der Waals surface area contributed by atoms with E-state index in [-0.39, 0.29) is 0 Å². The summed E-state index contributed by atoms with van der Waals surface area (Å²) in [6.45, 7) is 4.10. The number of alkyl halides is 1. The van der Waals surface area contributed by atoms with Crippen LogP contribution in [0.3, 0.4) is 0 Å². The molecule has 1 atom stereocenters. The van der Waals surface area contributed by atoms with Crippen LogP contribution < -0.4 is 0 Å². The Morgan fingerprint density at radius 1 is 1.33 bits per heavy atom. The second kappa shape index (κ2) is 7.82. The molecule has 0 N–H and O–H groups in total. The van der Waals surface area contributed by atoms with E-state index >= 15 is 0 Å². The van der Waals surface area contributed by atoms with E-state index in [1.165, 1.54) is 4.31 Å². The Morgan fingerprint density at radius 3 is 2.67 bits per heavy atom. The lowest BCUT2D eigenvalue weighted by Crippen LogP contribution is -2.46. The van der Waals surface area contributed by atoms with Gasteiger partial charge >= 0.3 is 0 Å². The highest BCUT2D eigenvalue weighted by atomic mass is 79.9. The molecule has 0 saturated carbocycles. The monoisotopic (exact) mass is 340 g/mol. The highest BCUT2D eigenvalue weighted by molar-refractivity contribution is 9.09. The Labute approximate surface area is 120 Å². The van der Waals surface area contributed by atoms with E-state index in [0.717, 1.165) is 37.4 Å². The number of unbranched alkanes of at least 4 members (excludes halogenated alkanes) is 2. The molecule has 1 rings (SSSR count). The van der Waals surface area contributed by atoms with Crippen LogP contribution >= 0.6 is 15.9 Å². The van der Waals surface area contributed by atoms with E-state index in [0.29, 0.717) is 25.6 Å². The molecule has 1 heterocycles. The molecule has 0 spiro atoms. The summed E-state index contributed by atoms with van der Waals surface area (Å²) in [7, 11) is -1.53. The van der Waals surface area contributed by atoms with Crippen LogP contribution in [0.15, 0.2) is 0 Å². The minimum Gasteiger partial charge on any atom is -0.195 e. The normalized spacial score (nSPS) is 22.6. The summed E-state index contributed by atoms with van der Waals surface area (Å²) in [5.74, 6) is 0.482. The van der Waals surface area contributed by atoms with E-state index in [9.17, 15) is 8.42 Å². The number of nitrogens with zero attached hydrogens (tertiary/aromatic N) is 2. The molecule has 1 aliphatic heterocycles. The van der Waals surface area contributed by atoms with Crippen LogP contribution in [0.25, 0.3) is 0 Å². The van der Waals surface area contributed by atoms with Gasteiger partial charge in [0.15, 0.2) is 0 Å². The molecule has 4 nitrogen and oxygen atoms in total. The maximum atomic E-state index is 12.3. The standard InChI is InChI=1S/C12H25BrN2O2S/c1-12-7-6-10-15(11-12)18(16,17)14(2)9-5-3-4-8-13/h12H,3-11H2,1-2H3. The highest BCUT2D eigenvalue weighted by Gasteiger charge is 2.29. The molecule has 6 heteroatoms. The molecule has 0 bridgehead atoms. The van der Waals surface area contributed by atoms with Crippen molar-refractivity contribution >= 4 is 26.1 Å². The predicted molar refractivity (Wildman–Crippen MR) is 79.2 cm³/mol. The van der Waals surface area contributed by atoms with Crippen LogP contribution in [0.1, 0.15) is 39.0 Å². The fraction of sp³-hybridized carbons (Fsp3) is 1.00. The number of rotatable bonds is 7. The first kappa shape index (κ1) is 16.4. The van der Waals surface area contributed by atoms with Gasteiger partial charge in [0, 0.05) is 32.0 Å². The lowest BCUT2D eigenvalue weighted by molar-refractivity contribution is 0.263. The molecular formula is C12H25BrN2O2S. The Balaban J connectivity index is 2.45. The highest BCUT2D eigenvalue weighted by Crippen LogP contribution is 2.20. The SMILES string of the molecule is CC1CCCN(S(=O)(=O)N(C)CCCCCBr)C1. The van der Waals surface area contributed by atoms with Gasteiger partial charge in [-0.2, -0.15) is 17.0 Å². The number of piperidine rings is 1. The first-order valence-corrected chi connectivity index (χ1v) is 9.27. The van der Waals surface area contributed by atoms with Gasteiger partial charge < -0.3 is 0 Å². The van der Waals surface area contributed by atoms with Crippen LogP contribution in [0.2, 0.25) is 0 Å². The third-order valence-electron chi connectivity index (χ3n) is 3.45. The number of halogens is 1. The zero-order chi connectivity index (χ0) is 13.6. The molecule has 0 aromatic heterocycles. The van der Waals surface area contributed by atoms with Gasteiger partial charge in [-0.15, -0.1) is 0 Å². The average Bonchev–Trinajstić information content (AvgIpc) is 2.34. The van der Waals surface area contributed by atoms with Crippen molar-refractivity contribution in [3.63, 3.8) is 0 Å². The largest absolute Gasteiger partial charge is 0.281 e. The molecule has 0 aliphatic carbocycles. The minimum absolute atomic E-state index is 0.482. The quantitative estimate of drug-likeness (QED) is 0.527. The van der Waals surface area contributed by atoms with Crippen LogP contribution in [0, 0.1) is 5.92 Å². The van der Waals surface area contributed by atoms with Gasteiger partial charge in [-0.25, -0.2) is 0 Å². The smallest absolute Gasteiger partial charge is 0.195 e. The predicted octanol–water partition coefficient (Wildman–Crippen LogP) is 2.46. The van der Waals surface area contributed by atoms with Crippen LogP contribution in [0.4, 0.5) is 0 Å². The van der Waals surface area contributed by atoms with Crippen molar-refractivity contribution in [1.82, 2.24) is 8.61 Å². The Hall–Kier alpha value is 0.350. The summed E-state index contributed by atoms with van der Waals surface area (Å²) in [5, 5.41) is 0.993. The minimum atomic E-state index is -3.23. The summed E-state index contributed by atoms with van der Waals surface area (Å²) in [5.41, 5.74) is 0. The van der Waals surface area contributed by atoms with E-state index in [2.05, 4.69) is 22.9 Å². The fourth-order valence-electron chi connectivity index (χ4n) is 2.27. The third kappa shape index (κ3) is 4.79. The van der Waals surface area contributed by atoms with Gasteiger partial charge in [0.1, 0.15) is 0 Å². The van der Waals surface area contributed by atoms with Crippen LogP contribution in [0.5, 0.6) is 0 Å². The first-order chi connectivity index (χ1) is 8.48. The summed E-state index contributed by atoms with van der Waals surface area (Å²) in [6.07, 6.45) is 5.24. The third-order valence-corrected chi connectivity index (χ3v) is 5.96. The summed E-state index contributed by atoms with van der Waals surface area (Å²) >= 11 is 3.39. The van der Waals surface area contributed by atoms with Crippen LogP contribution in [-0.4, -0.2) is 49.0 Å². The van der Waals surface area contributed by atoms with Crippen molar-refractivity contribution in [2.75, 3.05) is 32.0 Å². The fourth-order valence-corrected chi connectivity index (χ4v) is 4.23. The lowest BCUT2D eigenvalue weighted by atomic mass is 10.0. The molecule has 0 radical (unpaired) electrons. The molecule has 0 amide bonds. The van der Waals surface area contributed by atoms with Gasteiger partial charge in [0.2, 0.25) is 0 Å². The number of hydrogen-bond donors (Lipinski definition) is 0. The van der Waals surface area contributed by atoms with Gasteiger partial charge in [-0.3, -0.25) is 0 Å². The molecule has 1 aliphatic rings. The first-order valence-electron chi connectivity index (χ1n) is 6.76. The summed E-state index contributed by atoms with van der Waals surface area (Å²) in [4.78, 5) is 0. The molecule has 1 unspecified atom stereocenters. The Morgan fingerprint density at radius 2 is 2.06 bits per heavy atom. The molecule has 0 aromatic rings. The Kier molecular flexibility index (Phi) is 7.13. The van der Waals surface area contributed by atoms with E-state index in [1.54, 1.807) is 11.4 Å². The maximum absolute atomic E-state index is 12.3. The Bertz CT molecular complexity index is 335. The van der Waals surface area contributed by atoms with Gasteiger partial charge in [-0.1, -0.05) is 29.3 Å². The zero-order valence-electron chi connectivity index (χ0n) is 11.4. The zero-order valence-corrected chi connectivity index (χ0v) is 13.8. The van der Waals surface area contributed by atoms with Gasteiger partial charge in [-0.05, 0) is 31.6 Å². The molecule has 1 saturated heterocycles. The van der Waals surface area contributed by atoms with E-state index in [1.807, 2.05) is 0 Å². The van der Waals surface area contributed by atoms with Crippen molar-refractivity contribution in [2.45, 2.75) is 39.0 Å². The van der Waals surface area contributed by atoms with Crippen molar-refractivity contribution in [1.29, 1.82) is 0 Å². The maximum Gasteiger partial charge on any atom is 0.281 e. The number of hydrogen-bond acceptors (Lipinski definition) is 2. The molecule has 1 fully saturated rings. The van der Waals surface area contributed by atoms with E-state index in [4.69, 9.17) is 0 Å². The molecule has 108 valence electrons. The van der Waals surface area contributed by atoms with Crippen molar-refractivity contribution in [2.24, 2.45) is 5.92 Å². The van der Waals surface area contributed by atoms with E-state index < -0.39 is 10.2 Å². The summed E-state index contributed by atoms with van der Waals surface area (Å²) in [6, 6.07) is 0. The average molecular weight is 341 g/mol. The van der Waals surface area contributed by atoms with Gasteiger partial charge in [0.25, 0.3) is 10.2 Å². The second-order valence-electron chi connectivity index (χ2n) is 5.18. The molecule has 18 heavy (non-hydrogen) atoms. The van der Waals surface area contributed by atoms with Gasteiger partial charge in [0.05, 0.1) is 0 Å². The molecule has 0 aromatic carbocycles. The lowest BCUT2D eigenvalue weighted by Gasteiger charge is -2.33. The van der Waals surface area contributed by atoms with Crippen molar-refractivity contribution < 1.29 is 8.42 Å². The second-order valence-corrected chi connectivity index (χ2v) is 8.01.